The van der Waals surface area contributed by atoms with Crippen molar-refractivity contribution in [3.8, 4) is 5.88 Å². The molecule has 2 aliphatic rings. The summed E-state index contributed by atoms with van der Waals surface area (Å²) in [6, 6.07) is 5.46. The lowest BCUT2D eigenvalue weighted by molar-refractivity contribution is -0.192. The van der Waals surface area contributed by atoms with Gasteiger partial charge in [-0.3, -0.25) is 14.3 Å². The van der Waals surface area contributed by atoms with Gasteiger partial charge >= 0.3 is 12.1 Å². The lowest BCUT2D eigenvalue weighted by Crippen LogP contribution is -2.41. The van der Waals surface area contributed by atoms with Gasteiger partial charge in [0.1, 0.15) is 6.33 Å². The number of nitrogens with zero attached hydrogens (tertiary/aromatic N) is 5. The molecule has 2 aromatic heterocycles. The second kappa shape index (κ2) is 9.42. The van der Waals surface area contributed by atoms with Gasteiger partial charge in [0.25, 0.3) is 5.91 Å². The van der Waals surface area contributed by atoms with Crippen LogP contribution in [0.25, 0.3) is 0 Å². The maximum absolute atomic E-state index is 12.6. The molecule has 1 spiro atoms. The van der Waals surface area contributed by atoms with Crippen molar-refractivity contribution in [1.82, 2.24) is 30.0 Å². The van der Waals surface area contributed by atoms with Gasteiger partial charge in [-0.2, -0.15) is 13.2 Å². The average Bonchev–Trinajstić information content (AvgIpc) is 3.48. The van der Waals surface area contributed by atoms with Gasteiger partial charge in [-0.25, -0.2) is 14.8 Å². The molecule has 33 heavy (non-hydrogen) atoms. The summed E-state index contributed by atoms with van der Waals surface area (Å²) in [6.45, 7) is 1.77. The average molecular weight is 470 g/mol. The minimum absolute atomic E-state index is 0.0172. The minimum atomic E-state index is -5.08. The van der Waals surface area contributed by atoms with E-state index < -0.39 is 17.6 Å². The molecule has 2 atom stereocenters. The molecule has 2 fully saturated rings. The van der Waals surface area contributed by atoms with Crippen LogP contribution in [0.1, 0.15) is 17.0 Å². The molecule has 11 nitrogen and oxygen atoms in total. The molecule has 2 N–H and O–H groups in total. The molecular formula is C19H21F3N6O5. The van der Waals surface area contributed by atoms with Crippen LogP contribution in [0.4, 0.5) is 13.2 Å². The Labute approximate surface area is 185 Å². The van der Waals surface area contributed by atoms with Crippen molar-refractivity contribution in [3.05, 3.63) is 36.5 Å². The van der Waals surface area contributed by atoms with Gasteiger partial charge in [0.15, 0.2) is 0 Å². The van der Waals surface area contributed by atoms with E-state index in [9.17, 15) is 22.8 Å². The van der Waals surface area contributed by atoms with Crippen LogP contribution >= 0.6 is 0 Å². The van der Waals surface area contributed by atoms with Gasteiger partial charge in [0, 0.05) is 44.9 Å². The van der Waals surface area contributed by atoms with E-state index in [2.05, 4.69) is 20.4 Å². The predicted molar refractivity (Wildman–Crippen MR) is 104 cm³/mol. The number of amides is 2. The van der Waals surface area contributed by atoms with Gasteiger partial charge in [-0.05, 0) is 12.5 Å². The van der Waals surface area contributed by atoms with Crippen LogP contribution in [0.3, 0.4) is 0 Å². The van der Waals surface area contributed by atoms with Crippen molar-refractivity contribution in [2.45, 2.75) is 12.6 Å². The first-order valence-corrected chi connectivity index (χ1v) is 9.80. The Kier molecular flexibility index (Phi) is 6.84. The highest BCUT2D eigenvalue weighted by molar-refractivity contribution is 5.92. The van der Waals surface area contributed by atoms with Crippen LogP contribution in [0, 0.1) is 11.3 Å². The number of pyridine rings is 1. The summed E-state index contributed by atoms with van der Waals surface area (Å²) in [4.78, 5) is 43.9. The van der Waals surface area contributed by atoms with Crippen molar-refractivity contribution < 1.29 is 37.4 Å². The van der Waals surface area contributed by atoms with Crippen LogP contribution in [0.2, 0.25) is 0 Å². The number of aromatic nitrogens is 4. The molecule has 2 saturated heterocycles. The number of rotatable bonds is 4. The highest BCUT2D eigenvalue weighted by atomic mass is 19.4. The van der Waals surface area contributed by atoms with Gasteiger partial charge < -0.3 is 20.1 Å². The number of carboxylic acids is 1. The number of carbonyl (C=O) groups excluding carboxylic acids is 2. The summed E-state index contributed by atoms with van der Waals surface area (Å²) in [7, 11) is 1.71. The van der Waals surface area contributed by atoms with Crippen LogP contribution < -0.4 is 10.1 Å². The largest absolute Gasteiger partial charge is 0.490 e. The third kappa shape index (κ3) is 5.38. The monoisotopic (exact) mass is 470 g/mol. The smallest absolute Gasteiger partial charge is 0.477 e. The molecule has 2 aromatic rings. The summed E-state index contributed by atoms with van der Waals surface area (Å²) < 4.78 is 39.0. The first kappa shape index (κ1) is 23.9. The third-order valence-electron chi connectivity index (χ3n) is 5.43. The van der Waals surface area contributed by atoms with E-state index in [4.69, 9.17) is 14.6 Å². The number of alkyl halides is 3. The lowest BCUT2D eigenvalue weighted by atomic mass is 9.77. The maximum atomic E-state index is 12.6. The van der Waals surface area contributed by atoms with Crippen molar-refractivity contribution in [1.29, 1.82) is 0 Å². The first-order chi connectivity index (χ1) is 15.5. The molecule has 0 aromatic carbocycles. The van der Waals surface area contributed by atoms with E-state index in [1.54, 1.807) is 24.2 Å². The number of hydrogen-bond donors (Lipinski definition) is 2. The van der Waals surface area contributed by atoms with E-state index in [1.807, 2.05) is 12.1 Å². The number of aliphatic carboxylic acids is 1. The van der Waals surface area contributed by atoms with Gasteiger partial charge in [-0.1, -0.05) is 6.07 Å². The van der Waals surface area contributed by atoms with Crippen LogP contribution in [0.15, 0.2) is 30.7 Å². The summed E-state index contributed by atoms with van der Waals surface area (Å²) >= 11 is 0. The van der Waals surface area contributed by atoms with Gasteiger partial charge in [0.2, 0.25) is 17.6 Å². The molecule has 0 saturated carbocycles. The molecule has 4 heterocycles. The number of likely N-dealkylation sites (tertiary alicyclic amines) is 1. The number of nitrogens with one attached hydrogen (secondary N) is 1. The SMILES string of the molecule is Cn1cnc(C(=O)N2CC[C@]3(C2)C(=O)NC[C@@H]3COc2ccccn2)n1.O=C(O)C(F)(F)F. The maximum Gasteiger partial charge on any atom is 0.490 e. The van der Waals surface area contributed by atoms with Gasteiger partial charge in [-0.15, -0.1) is 5.10 Å². The first-order valence-electron chi connectivity index (χ1n) is 9.80. The summed E-state index contributed by atoms with van der Waals surface area (Å²) in [5.74, 6) is -2.35. The number of carboxylic acid groups (broad SMARTS) is 1. The molecule has 2 aliphatic heterocycles. The summed E-state index contributed by atoms with van der Waals surface area (Å²) in [5, 5.41) is 14.1. The van der Waals surface area contributed by atoms with Gasteiger partial charge in [0.05, 0.1) is 12.0 Å². The number of carbonyl (C=O) groups is 3. The molecule has 4 rings (SSSR count). The number of halogens is 3. The standard InChI is InChI=1S/C17H20N6O3.C2HF3O2/c1-22-11-20-14(21-22)15(24)23-7-5-17(10-23)12(8-19-16(17)25)9-26-13-4-2-3-6-18-13;3-2(4,5)1(6)7/h2-4,6,11-12H,5,7-10H2,1H3,(H,19,25);(H,6,7)/t12-,17-;/m1./s1. The van der Waals surface area contributed by atoms with E-state index in [0.29, 0.717) is 38.5 Å². The molecule has 0 unspecified atom stereocenters. The summed E-state index contributed by atoms with van der Waals surface area (Å²) in [5.41, 5.74) is -0.626. The Bertz CT molecular complexity index is 1010. The predicted octanol–water partition coefficient (Wildman–Crippen LogP) is 0.501. The zero-order valence-electron chi connectivity index (χ0n) is 17.4. The molecule has 14 heteroatoms. The quantitative estimate of drug-likeness (QED) is 0.659. The molecule has 0 radical (unpaired) electrons. The molecule has 0 bridgehead atoms. The zero-order valence-corrected chi connectivity index (χ0v) is 17.4. The van der Waals surface area contributed by atoms with E-state index in [-0.39, 0.29) is 23.6 Å². The van der Waals surface area contributed by atoms with E-state index in [1.165, 1.54) is 11.0 Å². The Hall–Kier alpha value is -3.71. The Balaban J connectivity index is 0.000000383. The van der Waals surface area contributed by atoms with E-state index in [0.717, 1.165) is 0 Å². The van der Waals surface area contributed by atoms with Crippen molar-refractivity contribution >= 4 is 17.8 Å². The third-order valence-corrected chi connectivity index (χ3v) is 5.43. The normalized spacial score (nSPS) is 22.0. The van der Waals surface area contributed by atoms with Crippen molar-refractivity contribution in [2.75, 3.05) is 26.2 Å². The Morgan fingerprint density at radius 3 is 2.64 bits per heavy atom. The molecule has 0 aliphatic carbocycles. The molecule has 178 valence electrons. The van der Waals surface area contributed by atoms with Crippen molar-refractivity contribution in [2.24, 2.45) is 18.4 Å². The van der Waals surface area contributed by atoms with Crippen LogP contribution in [-0.4, -0.2) is 80.0 Å². The Morgan fingerprint density at radius 1 is 1.33 bits per heavy atom. The highest BCUT2D eigenvalue weighted by Gasteiger charge is 2.55. The second-order valence-electron chi connectivity index (χ2n) is 7.56. The number of ether oxygens (including phenoxy) is 1. The summed E-state index contributed by atoms with van der Waals surface area (Å²) in [6.07, 6.45) is -1.32. The minimum Gasteiger partial charge on any atom is -0.477 e. The van der Waals surface area contributed by atoms with Crippen LogP contribution in [0.5, 0.6) is 5.88 Å². The van der Waals surface area contributed by atoms with Crippen LogP contribution in [-0.2, 0) is 16.6 Å². The van der Waals surface area contributed by atoms with Crippen molar-refractivity contribution in [3.63, 3.8) is 0 Å². The fraction of sp³-hybridized carbons (Fsp3) is 0.474. The lowest BCUT2D eigenvalue weighted by Gasteiger charge is -2.27. The fourth-order valence-corrected chi connectivity index (χ4v) is 3.71. The second-order valence-corrected chi connectivity index (χ2v) is 7.56. The highest BCUT2D eigenvalue weighted by Crippen LogP contribution is 2.42. The number of hydrogen-bond acceptors (Lipinski definition) is 7. The number of aryl methyl sites for hydroxylation is 1. The van der Waals surface area contributed by atoms with E-state index >= 15 is 0 Å². The molecular weight excluding hydrogens is 449 g/mol. The fourth-order valence-electron chi connectivity index (χ4n) is 3.71. The zero-order chi connectivity index (χ0) is 24.2. The Morgan fingerprint density at radius 2 is 2.06 bits per heavy atom. The molecule has 2 amide bonds. The topological polar surface area (TPSA) is 140 Å².